The van der Waals surface area contributed by atoms with Gasteiger partial charge in [-0.15, -0.1) is 0 Å². The van der Waals surface area contributed by atoms with E-state index in [0.29, 0.717) is 0 Å². The van der Waals surface area contributed by atoms with Gasteiger partial charge in [0.1, 0.15) is 0 Å². The lowest BCUT2D eigenvalue weighted by molar-refractivity contribution is 0.0954. The number of unbranched alkanes of at least 4 members (excludes halogenated alkanes) is 1. The molecule has 0 aliphatic carbocycles. The summed E-state index contributed by atoms with van der Waals surface area (Å²) in [5.74, 6) is 0.0460. The van der Waals surface area contributed by atoms with Crippen molar-refractivity contribution in [2.45, 2.75) is 32.6 Å². The summed E-state index contributed by atoms with van der Waals surface area (Å²) in [6.45, 7) is 3.85. The van der Waals surface area contributed by atoms with Gasteiger partial charge in [-0.2, -0.15) is 0 Å². The summed E-state index contributed by atoms with van der Waals surface area (Å²) >= 11 is 0. The van der Waals surface area contributed by atoms with Gasteiger partial charge in [-0.1, -0.05) is 25.5 Å². The predicted octanol–water partition coefficient (Wildman–Crippen LogP) is 2.57. The van der Waals surface area contributed by atoms with Crippen LogP contribution in [0.15, 0.2) is 18.2 Å². The van der Waals surface area contributed by atoms with Crippen LogP contribution in [0.2, 0.25) is 0 Å². The number of para-hydroxylation sites is 1. The Balaban J connectivity index is 2.12. The zero-order valence-corrected chi connectivity index (χ0v) is 10.4. The Kier molecular flexibility index (Phi) is 4.02. The van der Waals surface area contributed by atoms with Crippen molar-refractivity contribution in [1.82, 2.24) is 5.32 Å². The van der Waals surface area contributed by atoms with Crippen LogP contribution in [-0.4, -0.2) is 19.0 Å². The highest BCUT2D eigenvalue weighted by atomic mass is 16.1. The van der Waals surface area contributed by atoms with Crippen LogP contribution in [0.3, 0.4) is 0 Å². The molecule has 1 amide bonds. The molecule has 0 atom stereocenters. The summed E-state index contributed by atoms with van der Waals surface area (Å²) in [6.07, 6.45) is 4.35. The smallest absolute Gasteiger partial charge is 0.253 e. The van der Waals surface area contributed by atoms with Crippen molar-refractivity contribution in [2.75, 3.05) is 18.4 Å². The highest BCUT2D eigenvalue weighted by molar-refractivity contribution is 6.00. The second-order valence-corrected chi connectivity index (χ2v) is 4.48. The second-order valence-electron chi connectivity index (χ2n) is 4.48. The van der Waals surface area contributed by atoms with Gasteiger partial charge in [0.2, 0.25) is 0 Å². The number of nitrogens with one attached hydrogen (secondary N) is 2. The molecule has 1 aromatic rings. The number of fused-ring (bicyclic) bond motifs is 1. The van der Waals surface area contributed by atoms with Crippen molar-refractivity contribution in [3.05, 3.63) is 29.3 Å². The van der Waals surface area contributed by atoms with E-state index < -0.39 is 0 Å². The Morgan fingerprint density at radius 1 is 1.47 bits per heavy atom. The van der Waals surface area contributed by atoms with Crippen LogP contribution < -0.4 is 10.6 Å². The first-order chi connectivity index (χ1) is 8.33. The van der Waals surface area contributed by atoms with E-state index in [0.717, 1.165) is 50.0 Å². The van der Waals surface area contributed by atoms with Gasteiger partial charge in [0.25, 0.3) is 5.91 Å². The normalized spacial score (nSPS) is 13.7. The maximum atomic E-state index is 12.0. The number of hydrogen-bond acceptors (Lipinski definition) is 2. The number of rotatable bonds is 4. The number of carbonyl (C=O) groups excluding carboxylic acids is 1. The predicted molar refractivity (Wildman–Crippen MR) is 70.5 cm³/mol. The molecule has 0 radical (unpaired) electrons. The van der Waals surface area contributed by atoms with Gasteiger partial charge in [-0.3, -0.25) is 4.79 Å². The fraction of sp³-hybridized carbons (Fsp3) is 0.500. The molecule has 0 saturated carbocycles. The third-order valence-corrected chi connectivity index (χ3v) is 3.14. The summed E-state index contributed by atoms with van der Waals surface area (Å²) in [4.78, 5) is 12.0. The average molecular weight is 232 g/mol. The number of carbonyl (C=O) groups is 1. The summed E-state index contributed by atoms with van der Waals surface area (Å²) < 4.78 is 0. The number of hydrogen-bond donors (Lipinski definition) is 2. The van der Waals surface area contributed by atoms with Crippen molar-refractivity contribution < 1.29 is 4.79 Å². The van der Waals surface area contributed by atoms with Crippen LogP contribution in [0.4, 0.5) is 5.69 Å². The van der Waals surface area contributed by atoms with Crippen molar-refractivity contribution in [1.29, 1.82) is 0 Å². The SMILES string of the molecule is CCCCNC(=O)c1cccc2c1NCCC2. The summed E-state index contributed by atoms with van der Waals surface area (Å²) in [6, 6.07) is 5.98. The van der Waals surface area contributed by atoms with Crippen LogP contribution in [-0.2, 0) is 6.42 Å². The van der Waals surface area contributed by atoms with Gasteiger partial charge in [-0.05, 0) is 30.9 Å². The zero-order chi connectivity index (χ0) is 12.1. The number of anilines is 1. The lowest BCUT2D eigenvalue weighted by Gasteiger charge is -2.20. The molecule has 3 nitrogen and oxygen atoms in total. The van der Waals surface area contributed by atoms with Crippen molar-refractivity contribution in [3.8, 4) is 0 Å². The number of amides is 1. The summed E-state index contributed by atoms with van der Waals surface area (Å²) in [5, 5.41) is 6.31. The monoisotopic (exact) mass is 232 g/mol. The van der Waals surface area contributed by atoms with E-state index in [1.54, 1.807) is 0 Å². The van der Waals surface area contributed by atoms with E-state index >= 15 is 0 Å². The van der Waals surface area contributed by atoms with E-state index in [-0.39, 0.29) is 5.91 Å². The molecule has 0 aromatic heterocycles. The van der Waals surface area contributed by atoms with Crippen molar-refractivity contribution in [3.63, 3.8) is 0 Å². The molecule has 3 heteroatoms. The second kappa shape index (κ2) is 5.71. The zero-order valence-electron chi connectivity index (χ0n) is 10.4. The maximum absolute atomic E-state index is 12.0. The molecule has 17 heavy (non-hydrogen) atoms. The van der Waals surface area contributed by atoms with Crippen LogP contribution in [0.5, 0.6) is 0 Å². The van der Waals surface area contributed by atoms with E-state index in [1.807, 2.05) is 12.1 Å². The molecule has 0 unspecified atom stereocenters. The fourth-order valence-electron chi connectivity index (χ4n) is 2.17. The first kappa shape index (κ1) is 12.0. The average Bonchev–Trinajstić information content (AvgIpc) is 2.38. The Morgan fingerprint density at radius 2 is 2.35 bits per heavy atom. The molecular weight excluding hydrogens is 212 g/mol. The first-order valence-corrected chi connectivity index (χ1v) is 6.47. The Bertz CT molecular complexity index is 401. The Morgan fingerprint density at radius 3 is 3.18 bits per heavy atom. The largest absolute Gasteiger partial charge is 0.384 e. The number of aryl methyl sites for hydroxylation is 1. The third kappa shape index (κ3) is 2.78. The third-order valence-electron chi connectivity index (χ3n) is 3.14. The number of benzene rings is 1. The molecule has 2 N–H and O–H groups in total. The molecule has 0 saturated heterocycles. The molecular formula is C14H20N2O. The molecule has 1 aliphatic heterocycles. The summed E-state index contributed by atoms with van der Waals surface area (Å²) in [5.41, 5.74) is 3.09. The molecule has 0 spiro atoms. The van der Waals surface area contributed by atoms with Gasteiger partial charge in [0, 0.05) is 13.1 Å². The molecule has 92 valence electrons. The summed E-state index contributed by atoms with van der Waals surface area (Å²) in [7, 11) is 0. The highest BCUT2D eigenvalue weighted by Gasteiger charge is 2.16. The van der Waals surface area contributed by atoms with Crippen LogP contribution >= 0.6 is 0 Å². The maximum Gasteiger partial charge on any atom is 0.253 e. The topological polar surface area (TPSA) is 41.1 Å². The Labute approximate surface area is 103 Å². The molecule has 1 aliphatic rings. The quantitative estimate of drug-likeness (QED) is 0.783. The van der Waals surface area contributed by atoms with Gasteiger partial charge in [0.15, 0.2) is 0 Å². The minimum Gasteiger partial charge on any atom is -0.384 e. The standard InChI is InChI=1S/C14H20N2O/c1-2-3-9-16-14(17)12-8-4-6-11-7-5-10-15-13(11)12/h4,6,8,15H,2-3,5,7,9-10H2,1H3,(H,16,17). The van der Waals surface area contributed by atoms with E-state index in [4.69, 9.17) is 0 Å². The van der Waals surface area contributed by atoms with Gasteiger partial charge < -0.3 is 10.6 Å². The van der Waals surface area contributed by atoms with E-state index in [2.05, 4.69) is 23.6 Å². The van der Waals surface area contributed by atoms with E-state index in [9.17, 15) is 4.79 Å². The van der Waals surface area contributed by atoms with Crippen LogP contribution in [0.25, 0.3) is 0 Å². The van der Waals surface area contributed by atoms with Gasteiger partial charge in [-0.25, -0.2) is 0 Å². The van der Waals surface area contributed by atoms with Crippen LogP contribution in [0, 0.1) is 0 Å². The molecule has 1 aromatic carbocycles. The fourth-order valence-corrected chi connectivity index (χ4v) is 2.17. The lowest BCUT2D eigenvalue weighted by Crippen LogP contribution is -2.26. The lowest BCUT2D eigenvalue weighted by atomic mass is 9.99. The van der Waals surface area contributed by atoms with Gasteiger partial charge >= 0.3 is 0 Å². The van der Waals surface area contributed by atoms with Crippen molar-refractivity contribution >= 4 is 11.6 Å². The van der Waals surface area contributed by atoms with Crippen molar-refractivity contribution in [2.24, 2.45) is 0 Å². The molecule has 0 bridgehead atoms. The van der Waals surface area contributed by atoms with Gasteiger partial charge in [0.05, 0.1) is 11.3 Å². The minimum absolute atomic E-state index is 0.0460. The van der Waals surface area contributed by atoms with Crippen LogP contribution in [0.1, 0.15) is 42.1 Å². The first-order valence-electron chi connectivity index (χ1n) is 6.47. The molecule has 0 fully saturated rings. The molecule has 1 heterocycles. The molecule has 2 rings (SSSR count). The highest BCUT2D eigenvalue weighted by Crippen LogP contribution is 2.25. The minimum atomic E-state index is 0.0460. The Hall–Kier alpha value is -1.51. The van der Waals surface area contributed by atoms with E-state index in [1.165, 1.54) is 5.56 Å².